The summed E-state index contributed by atoms with van der Waals surface area (Å²) in [5.74, 6) is -0.308. The fourth-order valence-corrected chi connectivity index (χ4v) is 4.25. The summed E-state index contributed by atoms with van der Waals surface area (Å²) in [5, 5.41) is 3.01. The first-order valence-electron chi connectivity index (χ1n) is 9.45. The number of hydrogen-bond acceptors (Lipinski definition) is 3. The van der Waals surface area contributed by atoms with Gasteiger partial charge < -0.3 is 5.32 Å². The molecular weight excluding hydrogens is 384 g/mol. The Balaban J connectivity index is 1.81. The molecule has 6 heteroatoms. The molecule has 0 bridgehead atoms. The van der Waals surface area contributed by atoms with Crippen molar-refractivity contribution < 1.29 is 13.2 Å². The Morgan fingerprint density at radius 3 is 2.31 bits per heavy atom. The molecule has 1 unspecified atom stereocenters. The van der Waals surface area contributed by atoms with Crippen molar-refractivity contribution in [3.63, 3.8) is 0 Å². The Labute approximate surface area is 171 Å². The number of para-hydroxylation sites is 1. The van der Waals surface area contributed by atoms with Crippen LogP contribution in [0, 0.1) is 6.92 Å². The zero-order valence-corrected chi connectivity index (χ0v) is 17.2. The van der Waals surface area contributed by atoms with Gasteiger partial charge in [-0.3, -0.25) is 9.52 Å². The summed E-state index contributed by atoms with van der Waals surface area (Å²) in [6, 6.07) is 22.5. The van der Waals surface area contributed by atoms with Crippen LogP contribution in [-0.2, 0) is 10.0 Å². The summed E-state index contributed by atoms with van der Waals surface area (Å²) in [6.45, 7) is 4.01. The van der Waals surface area contributed by atoms with Gasteiger partial charge in [-0.1, -0.05) is 55.5 Å². The fourth-order valence-electron chi connectivity index (χ4n) is 3.14. The smallest absolute Gasteiger partial charge is 0.261 e. The molecule has 29 heavy (non-hydrogen) atoms. The van der Waals surface area contributed by atoms with Gasteiger partial charge in [-0.15, -0.1) is 0 Å². The highest BCUT2D eigenvalue weighted by atomic mass is 32.2. The summed E-state index contributed by atoms with van der Waals surface area (Å²) in [7, 11) is -3.79. The second-order valence-electron chi connectivity index (χ2n) is 6.79. The Hall–Kier alpha value is -3.12. The molecule has 0 aromatic heterocycles. The Bertz CT molecular complexity index is 1100. The minimum Gasteiger partial charge on any atom is -0.345 e. The highest BCUT2D eigenvalue weighted by molar-refractivity contribution is 7.92. The monoisotopic (exact) mass is 408 g/mol. The first kappa shape index (κ1) is 20.6. The zero-order valence-electron chi connectivity index (χ0n) is 16.4. The second-order valence-corrected chi connectivity index (χ2v) is 8.47. The molecule has 0 heterocycles. The molecule has 0 aliphatic rings. The quantitative estimate of drug-likeness (QED) is 0.596. The minimum absolute atomic E-state index is 0.0398. The van der Waals surface area contributed by atoms with E-state index in [1.165, 1.54) is 12.1 Å². The van der Waals surface area contributed by atoms with Crippen LogP contribution in [0.1, 0.15) is 40.9 Å². The van der Waals surface area contributed by atoms with Crippen LogP contribution in [0.5, 0.6) is 0 Å². The van der Waals surface area contributed by atoms with E-state index >= 15 is 0 Å². The predicted octanol–water partition coefficient (Wildman–Crippen LogP) is 4.68. The third kappa shape index (κ3) is 5.03. The van der Waals surface area contributed by atoms with Crippen LogP contribution in [0.2, 0.25) is 0 Å². The number of sulfonamides is 1. The second kappa shape index (κ2) is 8.92. The van der Waals surface area contributed by atoms with Crippen LogP contribution in [0.4, 0.5) is 5.69 Å². The van der Waals surface area contributed by atoms with E-state index < -0.39 is 10.0 Å². The molecular formula is C23H24N2O3S. The molecule has 0 saturated carbocycles. The molecule has 0 aliphatic carbocycles. The number of aryl methyl sites for hydroxylation is 1. The third-order valence-corrected chi connectivity index (χ3v) is 6.09. The maximum Gasteiger partial charge on any atom is 0.261 e. The lowest BCUT2D eigenvalue weighted by Gasteiger charge is -2.19. The van der Waals surface area contributed by atoms with Gasteiger partial charge in [0.25, 0.3) is 15.9 Å². The van der Waals surface area contributed by atoms with E-state index in [0.717, 1.165) is 17.5 Å². The average molecular weight is 409 g/mol. The van der Waals surface area contributed by atoms with Crippen molar-refractivity contribution in [3.8, 4) is 0 Å². The van der Waals surface area contributed by atoms with Crippen LogP contribution in [0.3, 0.4) is 0 Å². The highest BCUT2D eigenvalue weighted by Crippen LogP contribution is 2.22. The van der Waals surface area contributed by atoms with Gasteiger partial charge in [-0.25, -0.2) is 8.42 Å². The Morgan fingerprint density at radius 2 is 1.62 bits per heavy atom. The topological polar surface area (TPSA) is 75.3 Å². The van der Waals surface area contributed by atoms with Gasteiger partial charge in [0, 0.05) is 11.3 Å². The molecule has 1 amide bonds. The van der Waals surface area contributed by atoms with Gasteiger partial charge >= 0.3 is 0 Å². The van der Waals surface area contributed by atoms with Gasteiger partial charge in [-0.2, -0.15) is 0 Å². The number of rotatable bonds is 7. The molecule has 0 fully saturated rings. The summed E-state index contributed by atoms with van der Waals surface area (Å²) in [4.78, 5) is 12.8. The number of benzene rings is 3. The van der Waals surface area contributed by atoms with E-state index in [-0.39, 0.29) is 16.8 Å². The lowest BCUT2D eigenvalue weighted by atomic mass is 9.99. The van der Waals surface area contributed by atoms with Crippen molar-refractivity contribution in [1.82, 2.24) is 5.32 Å². The summed E-state index contributed by atoms with van der Waals surface area (Å²) in [6.07, 6.45) is 0.726. The minimum atomic E-state index is -3.79. The van der Waals surface area contributed by atoms with Crippen molar-refractivity contribution in [3.05, 3.63) is 95.6 Å². The molecule has 0 aliphatic heterocycles. The molecule has 150 valence electrons. The molecule has 2 N–H and O–H groups in total. The largest absolute Gasteiger partial charge is 0.345 e. The van der Waals surface area contributed by atoms with Crippen molar-refractivity contribution in [1.29, 1.82) is 0 Å². The van der Waals surface area contributed by atoms with E-state index in [2.05, 4.69) is 10.0 Å². The van der Waals surface area contributed by atoms with Crippen LogP contribution in [0.25, 0.3) is 0 Å². The fraction of sp³-hybridized carbons (Fsp3) is 0.174. The molecule has 3 aromatic carbocycles. The van der Waals surface area contributed by atoms with Gasteiger partial charge in [-0.05, 0) is 54.8 Å². The normalized spacial score (nSPS) is 12.2. The van der Waals surface area contributed by atoms with Gasteiger partial charge in [0.15, 0.2) is 0 Å². The number of carbonyl (C=O) groups is 1. The average Bonchev–Trinajstić information content (AvgIpc) is 2.73. The van der Waals surface area contributed by atoms with Crippen molar-refractivity contribution >= 4 is 21.6 Å². The van der Waals surface area contributed by atoms with Gasteiger partial charge in [0.1, 0.15) is 0 Å². The SMILES string of the molecule is CCC(NC(=O)c1cccc(S(=O)(=O)Nc2ccccc2)c1)c1ccccc1C. The molecule has 5 nitrogen and oxygen atoms in total. The number of carbonyl (C=O) groups excluding carboxylic acids is 1. The summed E-state index contributed by atoms with van der Waals surface area (Å²) in [5.41, 5.74) is 2.92. The summed E-state index contributed by atoms with van der Waals surface area (Å²) >= 11 is 0. The van der Waals surface area contributed by atoms with E-state index in [4.69, 9.17) is 0 Å². The van der Waals surface area contributed by atoms with Crippen molar-refractivity contribution in [2.75, 3.05) is 4.72 Å². The lowest BCUT2D eigenvalue weighted by molar-refractivity contribution is 0.0935. The molecule has 0 spiro atoms. The third-order valence-electron chi connectivity index (χ3n) is 4.71. The molecule has 3 rings (SSSR count). The number of nitrogens with one attached hydrogen (secondary N) is 2. The first-order valence-corrected chi connectivity index (χ1v) is 10.9. The number of amides is 1. The number of hydrogen-bond donors (Lipinski definition) is 2. The molecule has 1 atom stereocenters. The maximum atomic E-state index is 12.8. The van der Waals surface area contributed by atoms with Crippen LogP contribution in [-0.4, -0.2) is 14.3 Å². The van der Waals surface area contributed by atoms with Crippen molar-refractivity contribution in [2.24, 2.45) is 0 Å². The highest BCUT2D eigenvalue weighted by Gasteiger charge is 2.19. The van der Waals surface area contributed by atoms with Crippen molar-refractivity contribution in [2.45, 2.75) is 31.2 Å². The maximum absolute atomic E-state index is 12.8. The zero-order chi connectivity index (χ0) is 20.9. The predicted molar refractivity (Wildman–Crippen MR) is 115 cm³/mol. The van der Waals surface area contributed by atoms with Crippen LogP contribution in [0.15, 0.2) is 83.8 Å². The first-order chi connectivity index (χ1) is 13.9. The molecule has 0 saturated heterocycles. The van der Waals surface area contributed by atoms with E-state index in [0.29, 0.717) is 11.3 Å². The van der Waals surface area contributed by atoms with E-state index in [1.54, 1.807) is 42.5 Å². The Morgan fingerprint density at radius 1 is 0.931 bits per heavy atom. The lowest BCUT2D eigenvalue weighted by Crippen LogP contribution is -2.28. The van der Waals surface area contributed by atoms with Crippen LogP contribution >= 0.6 is 0 Å². The Kier molecular flexibility index (Phi) is 6.34. The standard InChI is InChI=1S/C23H24N2O3S/c1-3-22(21-15-8-7-10-17(21)2)24-23(26)18-11-9-14-20(16-18)29(27,28)25-19-12-5-4-6-13-19/h4-16,22,25H,3H2,1-2H3,(H,24,26). The summed E-state index contributed by atoms with van der Waals surface area (Å²) < 4.78 is 27.9. The van der Waals surface area contributed by atoms with Crippen LogP contribution < -0.4 is 10.0 Å². The van der Waals surface area contributed by atoms with E-state index in [1.807, 2.05) is 38.1 Å². The van der Waals surface area contributed by atoms with Gasteiger partial charge in [0.2, 0.25) is 0 Å². The molecule has 3 aromatic rings. The van der Waals surface area contributed by atoms with Gasteiger partial charge in [0.05, 0.1) is 10.9 Å². The molecule has 0 radical (unpaired) electrons. The van der Waals surface area contributed by atoms with E-state index in [9.17, 15) is 13.2 Å². The number of anilines is 1.